The number of methoxy groups -OCH3 is 1. The smallest absolute Gasteiger partial charge is 0.347 e. The highest BCUT2D eigenvalue weighted by atomic mass is 16.5. The fourth-order valence-corrected chi connectivity index (χ4v) is 2.80. The SMILES string of the molecule is COc1cc(CO)c(CO)cc1C(=O)Oc1ccc(-c2ccccc2)cc1. The second-order valence-corrected chi connectivity index (χ2v) is 5.92. The number of hydrogen-bond donors (Lipinski definition) is 2. The molecule has 0 aliphatic rings. The van der Waals surface area contributed by atoms with Gasteiger partial charge in [0.2, 0.25) is 0 Å². The number of esters is 1. The maximum Gasteiger partial charge on any atom is 0.347 e. The number of rotatable bonds is 6. The minimum Gasteiger partial charge on any atom is -0.496 e. The highest BCUT2D eigenvalue weighted by Crippen LogP contribution is 2.27. The summed E-state index contributed by atoms with van der Waals surface area (Å²) in [6.45, 7) is -0.561. The van der Waals surface area contributed by atoms with Gasteiger partial charge in [0.25, 0.3) is 0 Å². The summed E-state index contributed by atoms with van der Waals surface area (Å²) < 4.78 is 10.7. The summed E-state index contributed by atoms with van der Waals surface area (Å²) in [6, 6.07) is 20.1. The Morgan fingerprint density at radius 2 is 1.44 bits per heavy atom. The van der Waals surface area contributed by atoms with Crippen molar-refractivity contribution in [2.45, 2.75) is 13.2 Å². The number of ether oxygens (including phenoxy) is 2. The zero-order valence-corrected chi connectivity index (χ0v) is 14.9. The summed E-state index contributed by atoms with van der Waals surface area (Å²) in [4.78, 5) is 12.6. The Hall–Kier alpha value is -3.15. The fourth-order valence-electron chi connectivity index (χ4n) is 2.80. The van der Waals surface area contributed by atoms with Crippen molar-refractivity contribution in [2.75, 3.05) is 7.11 Å². The van der Waals surface area contributed by atoms with Crippen molar-refractivity contribution < 1.29 is 24.5 Å². The average Bonchev–Trinajstić information content (AvgIpc) is 2.73. The van der Waals surface area contributed by atoms with Crippen molar-refractivity contribution in [3.05, 3.63) is 83.4 Å². The van der Waals surface area contributed by atoms with Crippen molar-refractivity contribution in [3.8, 4) is 22.6 Å². The van der Waals surface area contributed by atoms with Gasteiger partial charge in [0.05, 0.1) is 20.3 Å². The van der Waals surface area contributed by atoms with Crippen molar-refractivity contribution in [1.29, 1.82) is 0 Å². The van der Waals surface area contributed by atoms with E-state index in [2.05, 4.69) is 0 Å². The molecule has 0 radical (unpaired) electrons. The Bertz CT molecular complexity index is 917. The van der Waals surface area contributed by atoms with Gasteiger partial charge in [-0.25, -0.2) is 4.79 Å². The lowest BCUT2D eigenvalue weighted by atomic mass is 10.0. The standard InChI is InChI=1S/C22H20O5/c1-26-21-12-18(14-24)17(13-23)11-20(21)22(25)27-19-9-7-16(8-10-19)15-5-3-2-4-6-15/h2-12,23-24H,13-14H2,1H3. The number of aliphatic hydroxyl groups excluding tert-OH is 2. The van der Waals surface area contributed by atoms with Gasteiger partial charge in [-0.05, 0) is 46.5 Å². The average molecular weight is 364 g/mol. The van der Waals surface area contributed by atoms with Crippen LogP contribution in [0.5, 0.6) is 11.5 Å². The monoisotopic (exact) mass is 364 g/mol. The lowest BCUT2D eigenvalue weighted by Crippen LogP contribution is -2.12. The van der Waals surface area contributed by atoms with Gasteiger partial charge in [0.15, 0.2) is 0 Å². The molecule has 2 N–H and O–H groups in total. The predicted molar refractivity (Wildman–Crippen MR) is 102 cm³/mol. The summed E-state index contributed by atoms with van der Waals surface area (Å²) in [5.74, 6) is 0.0826. The van der Waals surface area contributed by atoms with Crippen LogP contribution in [0.3, 0.4) is 0 Å². The summed E-state index contributed by atoms with van der Waals surface area (Å²) in [5, 5.41) is 18.8. The number of hydrogen-bond acceptors (Lipinski definition) is 5. The minimum absolute atomic E-state index is 0.186. The molecular formula is C22H20O5. The molecule has 0 unspecified atom stereocenters. The Balaban J connectivity index is 1.83. The molecule has 0 atom stereocenters. The Labute approximate surface area is 157 Å². The number of benzene rings is 3. The topological polar surface area (TPSA) is 76.0 Å². The third-order valence-corrected chi connectivity index (χ3v) is 4.25. The molecule has 0 saturated heterocycles. The highest BCUT2D eigenvalue weighted by molar-refractivity contribution is 5.94. The van der Waals surface area contributed by atoms with Crippen LogP contribution in [0.4, 0.5) is 0 Å². The van der Waals surface area contributed by atoms with Crippen LogP contribution in [-0.2, 0) is 13.2 Å². The van der Waals surface area contributed by atoms with Crippen LogP contribution in [0.1, 0.15) is 21.5 Å². The molecule has 0 bridgehead atoms. The first-order valence-electron chi connectivity index (χ1n) is 8.45. The third-order valence-electron chi connectivity index (χ3n) is 4.25. The Morgan fingerprint density at radius 1 is 0.852 bits per heavy atom. The molecule has 0 amide bonds. The molecule has 0 aliphatic carbocycles. The summed E-state index contributed by atoms with van der Waals surface area (Å²) in [7, 11) is 1.43. The maximum atomic E-state index is 12.6. The lowest BCUT2D eigenvalue weighted by molar-refractivity contribution is 0.0731. The molecule has 0 aromatic heterocycles. The van der Waals surface area contributed by atoms with E-state index in [0.717, 1.165) is 11.1 Å². The molecule has 138 valence electrons. The normalized spacial score (nSPS) is 10.5. The van der Waals surface area contributed by atoms with Crippen LogP contribution in [0.2, 0.25) is 0 Å². The van der Waals surface area contributed by atoms with Gasteiger partial charge in [-0.1, -0.05) is 42.5 Å². The molecule has 0 heterocycles. The summed E-state index contributed by atoms with van der Waals surface area (Å²) in [6.07, 6.45) is 0. The van der Waals surface area contributed by atoms with E-state index in [1.165, 1.54) is 19.2 Å². The zero-order valence-electron chi connectivity index (χ0n) is 14.9. The van der Waals surface area contributed by atoms with E-state index in [4.69, 9.17) is 9.47 Å². The Kier molecular flexibility index (Phi) is 5.86. The zero-order chi connectivity index (χ0) is 19.2. The van der Waals surface area contributed by atoms with E-state index in [1.807, 2.05) is 42.5 Å². The van der Waals surface area contributed by atoms with E-state index in [-0.39, 0.29) is 24.5 Å². The van der Waals surface area contributed by atoms with Crippen LogP contribution in [-0.4, -0.2) is 23.3 Å². The predicted octanol–water partition coefficient (Wildman–Crippen LogP) is 3.57. The molecule has 27 heavy (non-hydrogen) atoms. The van der Waals surface area contributed by atoms with Crippen molar-refractivity contribution in [1.82, 2.24) is 0 Å². The highest BCUT2D eigenvalue weighted by Gasteiger charge is 2.18. The van der Waals surface area contributed by atoms with Crippen LogP contribution in [0, 0.1) is 0 Å². The quantitative estimate of drug-likeness (QED) is 0.517. The van der Waals surface area contributed by atoms with E-state index in [0.29, 0.717) is 16.9 Å². The first-order valence-corrected chi connectivity index (χ1v) is 8.45. The summed E-state index contributed by atoms with van der Waals surface area (Å²) in [5.41, 5.74) is 3.22. The molecule has 0 saturated carbocycles. The molecule has 0 aliphatic heterocycles. The van der Waals surface area contributed by atoms with Crippen molar-refractivity contribution >= 4 is 5.97 Å². The molecule has 0 fully saturated rings. The van der Waals surface area contributed by atoms with E-state index < -0.39 is 5.97 Å². The van der Waals surface area contributed by atoms with Gasteiger partial charge >= 0.3 is 5.97 Å². The molecule has 5 heteroatoms. The maximum absolute atomic E-state index is 12.6. The molecule has 3 aromatic rings. The number of carbonyl (C=O) groups is 1. The van der Waals surface area contributed by atoms with Gasteiger partial charge in [-0.3, -0.25) is 0 Å². The molecular weight excluding hydrogens is 344 g/mol. The summed E-state index contributed by atoms with van der Waals surface area (Å²) >= 11 is 0. The first kappa shape index (κ1) is 18.6. The van der Waals surface area contributed by atoms with Gasteiger partial charge < -0.3 is 19.7 Å². The van der Waals surface area contributed by atoms with E-state index in [9.17, 15) is 15.0 Å². The number of carbonyl (C=O) groups excluding carboxylic acids is 1. The Morgan fingerprint density at radius 3 is 2.04 bits per heavy atom. The van der Waals surface area contributed by atoms with Crippen LogP contribution < -0.4 is 9.47 Å². The van der Waals surface area contributed by atoms with E-state index in [1.54, 1.807) is 12.1 Å². The molecule has 3 rings (SSSR count). The largest absolute Gasteiger partial charge is 0.496 e. The van der Waals surface area contributed by atoms with Crippen molar-refractivity contribution in [3.63, 3.8) is 0 Å². The van der Waals surface area contributed by atoms with Crippen molar-refractivity contribution in [2.24, 2.45) is 0 Å². The van der Waals surface area contributed by atoms with Gasteiger partial charge in [0.1, 0.15) is 17.1 Å². The first-order chi connectivity index (χ1) is 13.2. The van der Waals surface area contributed by atoms with Crippen LogP contribution >= 0.6 is 0 Å². The van der Waals surface area contributed by atoms with E-state index >= 15 is 0 Å². The van der Waals surface area contributed by atoms with Gasteiger partial charge in [-0.15, -0.1) is 0 Å². The second kappa shape index (κ2) is 8.49. The molecule has 5 nitrogen and oxygen atoms in total. The lowest BCUT2D eigenvalue weighted by Gasteiger charge is -2.13. The number of aliphatic hydroxyl groups is 2. The second-order valence-electron chi connectivity index (χ2n) is 5.92. The molecule has 0 spiro atoms. The van der Waals surface area contributed by atoms with Crippen LogP contribution in [0.15, 0.2) is 66.7 Å². The molecule has 3 aromatic carbocycles. The van der Waals surface area contributed by atoms with Crippen LogP contribution in [0.25, 0.3) is 11.1 Å². The van der Waals surface area contributed by atoms with Gasteiger partial charge in [0, 0.05) is 0 Å². The third kappa shape index (κ3) is 4.16. The minimum atomic E-state index is -0.599. The van der Waals surface area contributed by atoms with Gasteiger partial charge in [-0.2, -0.15) is 0 Å². The fraction of sp³-hybridized carbons (Fsp3) is 0.136.